The van der Waals surface area contributed by atoms with Crippen LogP contribution in [0.3, 0.4) is 0 Å². The molecule has 1 aromatic heterocycles. The van der Waals surface area contributed by atoms with E-state index in [1.807, 2.05) is 4.90 Å². The lowest BCUT2D eigenvalue weighted by atomic mass is 10.0. The van der Waals surface area contributed by atoms with Gasteiger partial charge in [-0.05, 0) is 23.6 Å². The van der Waals surface area contributed by atoms with Gasteiger partial charge in [-0.15, -0.1) is 0 Å². The van der Waals surface area contributed by atoms with Crippen molar-refractivity contribution in [3.63, 3.8) is 0 Å². The van der Waals surface area contributed by atoms with Gasteiger partial charge in [-0.1, -0.05) is 26.0 Å². The number of amides is 1. The van der Waals surface area contributed by atoms with Crippen LogP contribution in [0.1, 0.15) is 31.4 Å². The van der Waals surface area contributed by atoms with Gasteiger partial charge in [0.2, 0.25) is 5.91 Å². The summed E-state index contributed by atoms with van der Waals surface area (Å²) < 4.78 is 13.2. The molecule has 1 aromatic carbocycles. The Labute approximate surface area is 162 Å². The van der Waals surface area contributed by atoms with Crippen LogP contribution in [0.25, 0.3) is 0 Å². The van der Waals surface area contributed by atoms with Crippen molar-refractivity contribution in [3.05, 3.63) is 68.2 Å². The Morgan fingerprint density at radius 3 is 2.50 bits per heavy atom. The second-order valence-corrected chi connectivity index (χ2v) is 7.54. The molecule has 0 aliphatic carbocycles. The lowest BCUT2D eigenvalue weighted by Crippen LogP contribution is -2.46. The molecule has 0 saturated carbocycles. The number of nitrogens with zero attached hydrogens (tertiary/aromatic N) is 2. The molecule has 0 bridgehead atoms. The van der Waals surface area contributed by atoms with Gasteiger partial charge < -0.3 is 9.88 Å². The van der Waals surface area contributed by atoms with E-state index in [0.717, 1.165) is 5.56 Å². The molecule has 1 unspecified atom stereocenters. The minimum absolute atomic E-state index is 0.0399. The minimum Gasteiger partial charge on any atom is -0.334 e. The fourth-order valence-electron chi connectivity index (χ4n) is 3.54. The van der Waals surface area contributed by atoms with Crippen molar-refractivity contribution in [2.45, 2.75) is 39.4 Å². The van der Waals surface area contributed by atoms with Crippen molar-refractivity contribution in [3.8, 4) is 0 Å². The molecule has 28 heavy (non-hydrogen) atoms. The number of aromatic amines is 2. The fraction of sp³-hybridized carbons (Fsp3) is 0.450. The first-order chi connectivity index (χ1) is 13.3. The summed E-state index contributed by atoms with van der Waals surface area (Å²) in [6.45, 7) is 6.05. The van der Waals surface area contributed by atoms with E-state index in [2.05, 4.69) is 28.7 Å². The third-order valence-corrected chi connectivity index (χ3v) is 5.13. The summed E-state index contributed by atoms with van der Waals surface area (Å²) >= 11 is 0. The highest BCUT2D eigenvalue weighted by Gasteiger charge is 2.31. The van der Waals surface area contributed by atoms with Crippen molar-refractivity contribution in [1.29, 1.82) is 0 Å². The Hall–Kier alpha value is -2.74. The van der Waals surface area contributed by atoms with Crippen molar-refractivity contribution in [1.82, 2.24) is 19.8 Å². The maximum absolute atomic E-state index is 13.2. The minimum atomic E-state index is -0.537. The Morgan fingerprint density at radius 1 is 1.14 bits per heavy atom. The first-order valence-electron chi connectivity index (χ1n) is 9.40. The summed E-state index contributed by atoms with van der Waals surface area (Å²) in [5.41, 5.74) is 0.390. The van der Waals surface area contributed by atoms with Crippen LogP contribution in [0.4, 0.5) is 4.39 Å². The predicted octanol–water partition coefficient (Wildman–Crippen LogP) is 1.46. The molecule has 2 heterocycles. The monoisotopic (exact) mass is 388 g/mol. The second kappa shape index (κ2) is 8.52. The predicted molar refractivity (Wildman–Crippen MR) is 103 cm³/mol. The molecule has 8 heteroatoms. The van der Waals surface area contributed by atoms with Crippen molar-refractivity contribution in [2.75, 3.05) is 13.1 Å². The maximum atomic E-state index is 13.2. The Bertz CT molecular complexity index is 935. The van der Waals surface area contributed by atoms with Crippen molar-refractivity contribution >= 4 is 5.91 Å². The quantitative estimate of drug-likeness (QED) is 0.812. The fourth-order valence-corrected chi connectivity index (χ4v) is 3.54. The van der Waals surface area contributed by atoms with Crippen molar-refractivity contribution in [2.24, 2.45) is 5.92 Å². The number of hydrogen-bond donors (Lipinski definition) is 2. The van der Waals surface area contributed by atoms with E-state index in [9.17, 15) is 18.8 Å². The van der Waals surface area contributed by atoms with E-state index in [4.69, 9.17) is 0 Å². The third-order valence-electron chi connectivity index (χ3n) is 5.13. The molecule has 1 fully saturated rings. The molecule has 1 atom stereocenters. The van der Waals surface area contributed by atoms with Crippen LogP contribution in [-0.4, -0.2) is 44.8 Å². The highest BCUT2D eigenvalue weighted by molar-refractivity contribution is 5.77. The zero-order chi connectivity index (χ0) is 20.3. The van der Waals surface area contributed by atoms with E-state index < -0.39 is 11.2 Å². The standard InChI is InChI=1S/C20H25FN4O3/c1-13(2)17-12-24(11-15-9-22-20(28)23-19(15)27)8-7-18(26)25(17)10-14-3-5-16(21)6-4-14/h3-6,9,13,17H,7-8,10-12H2,1-2H3,(H2,22,23,27,28). The second-order valence-electron chi connectivity index (χ2n) is 7.54. The molecule has 3 rings (SSSR count). The highest BCUT2D eigenvalue weighted by atomic mass is 19.1. The van der Waals surface area contributed by atoms with Crippen LogP contribution >= 0.6 is 0 Å². The molecule has 7 nitrogen and oxygen atoms in total. The van der Waals surface area contributed by atoms with E-state index >= 15 is 0 Å². The normalized spacial score (nSPS) is 18.5. The van der Waals surface area contributed by atoms with Gasteiger partial charge in [0, 0.05) is 50.4 Å². The molecule has 150 valence electrons. The number of aromatic nitrogens is 2. The van der Waals surface area contributed by atoms with E-state index in [-0.39, 0.29) is 23.7 Å². The maximum Gasteiger partial charge on any atom is 0.325 e. The van der Waals surface area contributed by atoms with Gasteiger partial charge in [-0.25, -0.2) is 9.18 Å². The highest BCUT2D eigenvalue weighted by Crippen LogP contribution is 2.21. The lowest BCUT2D eigenvalue weighted by molar-refractivity contribution is -0.134. The molecule has 1 aliphatic rings. The number of benzene rings is 1. The van der Waals surface area contributed by atoms with Crippen LogP contribution in [0, 0.1) is 11.7 Å². The number of rotatable bonds is 5. The van der Waals surface area contributed by atoms with Crippen LogP contribution in [0.15, 0.2) is 40.1 Å². The van der Waals surface area contributed by atoms with Gasteiger partial charge in [0.05, 0.1) is 0 Å². The lowest BCUT2D eigenvalue weighted by Gasteiger charge is -2.34. The number of carbonyl (C=O) groups excluding carboxylic acids is 1. The van der Waals surface area contributed by atoms with Gasteiger partial charge in [0.15, 0.2) is 0 Å². The summed E-state index contributed by atoms with van der Waals surface area (Å²) in [5, 5.41) is 0. The largest absolute Gasteiger partial charge is 0.334 e. The number of halogens is 1. The summed E-state index contributed by atoms with van der Waals surface area (Å²) in [6.07, 6.45) is 1.76. The average molecular weight is 388 g/mol. The van der Waals surface area contributed by atoms with Gasteiger partial charge in [0.1, 0.15) is 5.82 Å². The van der Waals surface area contributed by atoms with Crippen LogP contribution in [-0.2, 0) is 17.9 Å². The molecular weight excluding hydrogens is 363 g/mol. The Balaban J connectivity index is 1.80. The zero-order valence-corrected chi connectivity index (χ0v) is 16.1. The number of nitrogens with one attached hydrogen (secondary N) is 2. The molecule has 1 amide bonds. The SMILES string of the molecule is CC(C)C1CN(Cc2c[nH]c(=O)[nH]c2=O)CCC(=O)N1Cc1ccc(F)cc1. The molecule has 1 aliphatic heterocycles. The van der Waals surface area contributed by atoms with Gasteiger partial charge in [0.25, 0.3) is 5.56 Å². The van der Waals surface area contributed by atoms with E-state index in [0.29, 0.717) is 38.2 Å². The number of hydrogen-bond acceptors (Lipinski definition) is 4. The molecule has 2 N–H and O–H groups in total. The summed E-state index contributed by atoms with van der Waals surface area (Å²) in [7, 11) is 0. The van der Waals surface area contributed by atoms with E-state index in [1.54, 1.807) is 12.1 Å². The Kier molecular flexibility index (Phi) is 6.08. The molecule has 1 saturated heterocycles. The van der Waals surface area contributed by atoms with Gasteiger partial charge in [-0.2, -0.15) is 0 Å². The smallest absolute Gasteiger partial charge is 0.325 e. The number of carbonyl (C=O) groups is 1. The van der Waals surface area contributed by atoms with E-state index in [1.165, 1.54) is 18.3 Å². The topological polar surface area (TPSA) is 89.3 Å². The summed E-state index contributed by atoms with van der Waals surface area (Å²) in [4.78, 5) is 44.7. The first kappa shape index (κ1) is 20.0. The summed E-state index contributed by atoms with van der Waals surface area (Å²) in [5.74, 6) is -0.0524. The number of H-pyrrole nitrogens is 2. The molecule has 0 radical (unpaired) electrons. The van der Waals surface area contributed by atoms with Crippen LogP contribution in [0.5, 0.6) is 0 Å². The van der Waals surface area contributed by atoms with Crippen LogP contribution in [0.2, 0.25) is 0 Å². The van der Waals surface area contributed by atoms with Crippen LogP contribution < -0.4 is 11.2 Å². The first-order valence-corrected chi connectivity index (χ1v) is 9.40. The van der Waals surface area contributed by atoms with Gasteiger partial charge >= 0.3 is 5.69 Å². The summed E-state index contributed by atoms with van der Waals surface area (Å²) in [6, 6.07) is 6.15. The van der Waals surface area contributed by atoms with Gasteiger partial charge in [-0.3, -0.25) is 19.5 Å². The molecule has 0 spiro atoms. The van der Waals surface area contributed by atoms with Crippen molar-refractivity contribution < 1.29 is 9.18 Å². The average Bonchev–Trinajstić information content (AvgIpc) is 2.79. The zero-order valence-electron chi connectivity index (χ0n) is 16.1. The molecule has 2 aromatic rings. The Morgan fingerprint density at radius 2 is 1.86 bits per heavy atom. The molecular formula is C20H25FN4O3. The third kappa shape index (κ3) is 4.75.